The Bertz CT molecular complexity index is 894. The summed E-state index contributed by atoms with van der Waals surface area (Å²) in [6.07, 6.45) is 11.1. The van der Waals surface area contributed by atoms with Crippen LogP contribution in [0.3, 0.4) is 0 Å². The number of Topliss-reactive ketones (excluding diaryl/α,β-unsaturated/α-hetero) is 1. The zero-order chi connectivity index (χ0) is 27.4. The first kappa shape index (κ1) is 30.4. The van der Waals surface area contributed by atoms with Gasteiger partial charge in [0.15, 0.2) is 5.78 Å². The van der Waals surface area contributed by atoms with Gasteiger partial charge in [0.2, 0.25) is 11.8 Å². The lowest BCUT2D eigenvalue weighted by Crippen LogP contribution is -2.58. The van der Waals surface area contributed by atoms with Crippen LogP contribution in [0, 0.1) is 5.41 Å². The lowest BCUT2D eigenvalue weighted by molar-refractivity contribution is -0.132. The average molecular weight is 516 g/mol. The van der Waals surface area contributed by atoms with Crippen molar-refractivity contribution in [1.82, 2.24) is 26.3 Å². The molecular weight excluding hydrogens is 470 g/mol. The van der Waals surface area contributed by atoms with E-state index < -0.39 is 41.3 Å². The van der Waals surface area contributed by atoms with E-state index in [4.69, 9.17) is 0 Å². The van der Waals surface area contributed by atoms with Crippen LogP contribution in [0.4, 0.5) is 0 Å². The SMILES string of the molecule is CCCC[C@H](NC(=O)[C@H](C)NC(=O)[C@@H](NC(=O)c1ccncc1)C(C)(C)C)C(=O)CNC1CCCCC1. The second-order valence-corrected chi connectivity index (χ2v) is 11.1. The second kappa shape index (κ2) is 14.8. The minimum atomic E-state index is -0.876. The summed E-state index contributed by atoms with van der Waals surface area (Å²) in [6, 6.07) is 1.14. The lowest BCUT2D eigenvalue weighted by Gasteiger charge is -2.31. The van der Waals surface area contributed by atoms with Gasteiger partial charge in [-0.1, -0.05) is 59.8 Å². The molecule has 9 heteroatoms. The summed E-state index contributed by atoms with van der Waals surface area (Å²) in [5.74, 6) is -1.32. The molecule has 3 atom stereocenters. The van der Waals surface area contributed by atoms with Gasteiger partial charge in [-0.2, -0.15) is 0 Å². The maximum absolute atomic E-state index is 13.1. The molecule has 4 N–H and O–H groups in total. The summed E-state index contributed by atoms with van der Waals surface area (Å²) in [5, 5.41) is 11.7. The highest BCUT2D eigenvalue weighted by Gasteiger charge is 2.35. The van der Waals surface area contributed by atoms with E-state index in [1.165, 1.54) is 31.7 Å². The number of unbranched alkanes of at least 4 members (excludes halogenated alkanes) is 1. The lowest BCUT2D eigenvalue weighted by atomic mass is 9.85. The number of nitrogens with zero attached hydrogens (tertiary/aromatic N) is 1. The number of pyridine rings is 1. The van der Waals surface area contributed by atoms with Crippen molar-refractivity contribution in [2.45, 2.75) is 110 Å². The van der Waals surface area contributed by atoms with E-state index in [0.717, 1.165) is 25.7 Å². The fraction of sp³-hybridized carbons (Fsp3) is 0.679. The Labute approximate surface area is 221 Å². The Balaban J connectivity index is 1.98. The van der Waals surface area contributed by atoms with Crippen LogP contribution in [-0.2, 0) is 14.4 Å². The molecule has 0 unspecified atom stereocenters. The molecule has 1 aliphatic rings. The number of hydrogen-bond acceptors (Lipinski definition) is 6. The molecule has 1 aromatic rings. The fourth-order valence-electron chi connectivity index (χ4n) is 4.45. The summed E-state index contributed by atoms with van der Waals surface area (Å²) in [7, 11) is 0. The molecule has 37 heavy (non-hydrogen) atoms. The van der Waals surface area contributed by atoms with Crippen molar-refractivity contribution in [3.8, 4) is 0 Å². The van der Waals surface area contributed by atoms with Crippen molar-refractivity contribution in [2.24, 2.45) is 5.41 Å². The maximum Gasteiger partial charge on any atom is 0.252 e. The van der Waals surface area contributed by atoms with Crippen LogP contribution in [0.5, 0.6) is 0 Å². The van der Waals surface area contributed by atoms with E-state index in [1.54, 1.807) is 19.1 Å². The largest absolute Gasteiger partial charge is 0.344 e. The molecule has 1 fully saturated rings. The number of ketones is 1. The van der Waals surface area contributed by atoms with Gasteiger partial charge >= 0.3 is 0 Å². The van der Waals surface area contributed by atoms with E-state index in [9.17, 15) is 19.2 Å². The van der Waals surface area contributed by atoms with Crippen LogP contribution in [0.2, 0.25) is 0 Å². The van der Waals surface area contributed by atoms with Gasteiger partial charge in [0.25, 0.3) is 5.91 Å². The molecule has 206 valence electrons. The van der Waals surface area contributed by atoms with Crippen molar-refractivity contribution in [1.29, 1.82) is 0 Å². The van der Waals surface area contributed by atoms with Gasteiger partial charge in [-0.25, -0.2) is 0 Å². The van der Waals surface area contributed by atoms with Gasteiger partial charge in [0, 0.05) is 24.0 Å². The molecule has 1 aliphatic carbocycles. The van der Waals surface area contributed by atoms with Gasteiger partial charge in [0.1, 0.15) is 12.1 Å². The minimum absolute atomic E-state index is 0.0388. The zero-order valence-electron chi connectivity index (χ0n) is 23.1. The third-order valence-electron chi connectivity index (χ3n) is 6.82. The van der Waals surface area contributed by atoms with Crippen LogP contribution in [0.25, 0.3) is 0 Å². The van der Waals surface area contributed by atoms with E-state index in [-0.39, 0.29) is 12.3 Å². The summed E-state index contributed by atoms with van der Waals surface area (Å²) >= 11 is 0. The quantitative estimate of drug-likeness (QED) is 0.320. The second-order valence-electron chi connectivity index (χ2n) is 11.1. The molecule has 2 rings (SSSR count). The molecule has 0 bridgehead atoms. The summed E-state index contributed by atoms with van der Waals surface area (Å²) in [6.45, 7) is 9.38. The van der Waals surface area contributed by atoms with Crippen LogP contribution in [0.15, 0.2) is 24.5 Å². The normalized spacial score (nSPS) is 16.8. The number of hydrogen-bond donors (Lipinski definition) is 4. The fourth-order valence-corrected chi connectivity index (χ4v) is 4.45. The molecular formula is C28H45N5O4. The van der Waals surface area contributed by atoms with Crippen LogP contribution in [-0.4, -0.2) is 59.2 Å². The Morgan fingerprint density at radius 1 is 0.973 bits per heavy atom. The van der Waals surface area contributed by atoms with Crippen molar-refractivity contribution >= 4 is 23.5 Å². The van der Waals surface area contributed by atoms with E-state index in [1.807, 2.05) is 27.7 Å². The summed E-state index contributed by atoms with van der Waals surface area (Å²) in [4.78, 5) is 55.7. The predicted molar refractivity (Wildman–Crippen MR) is 144 cm³/mol. The third kappa shape index (κ3) is 10.2. The van der Waals surface area contributed by atoms with Gasteiger partial charge in [-0.15, -0.1) is 0 Å². The number of amides is 3. The maximum atomic E-state index is 13.1. The first-order valence-electron chi connectivity index (χ1n) is 13.6. The number of carbonyl (C=O) groups excluding carboxylic acids is 4. The summed E-state index contributed by atoms with van der Waals surface area (Å²) in [5.41, 5.74) is -0.213. The molecule has 0 spiro atoms. The monoisotopic (exact) mass is 515 g/mol. The highest BCUT2D eigenvalue weighted by Crippen LogP contribution is 2.20. The van der Waals surface area contributed by atoms with E-state index >= 15 is 0 Å². The highest BCUT2D eigenvalue weighted by molar-refractivity contribution is 5.99. The Morgan fingerprint density at radius 3 is 2.22 bits per heavy atom. The third-order valence-corrected chi connectivity index (χ3v) is 6.82. The molecule has 9 nitrogen and oxygen atoms in total. The highest BCUT2D eigenvalue weighted by atomic mass is 16.2. The first-order valence-corrected chi connectivity index (χ1v) is 13.6. The molecule has 0 saturated heterocycles. The molecule has 1 aromatic heterocycles. The Kier molecular flexibility index (Phi) is 12.2. The Morgan fingerprint density at radius 2 is 1.62 bits per heavy atom. The average Bonchev–Trinajstić information content (AvgIpc) is 2.88. The van der Waals surface area contributed by atoms with Crippen LogP contribution in [0.1, 0.15) is 96.3 Å². The van der Waals surface area contributed by atoms with Crippen LogP contribution >= 0.6 is 0 Å². The zero-order valence-corrected chi connectivity index (χ0v) is 23.1. The van der Waals surface area contributed by atoms with Gasteiger partial charge < -0.3 is 21.3 Å². The topological polar surface area (TPSA) is 129 Å². The van der Waals surface area contributed by atoms with Gasteiger partial charge in [-0.3, -0.25) is 24.2 Å². The minimum Gasteiger partial charge on any atom is -0.344 e. The number of nitrogens with one attached hydrogen (secondary N) is 4. The molecule has 0 aromatic carbocycles. The molecule has 1 saturated carbocycles. The smallest absolute Gasteiger partial charge is 0.252 e. The Hall–Kier alpha value is -2.81. The number of rotatable bonds is 13. The first-order chi connectivity index (χ1) is 17.5. The number of aromatic nitrogens is 1. The predicted octanol–water partition coefficient (Wildman–Crippen LogP) is 2.90. The van der Waals surface area contributed by atoms with Crippen molar-refractivity contribution in [3.05, 3.63) is 30.1 Å². The standard InChI is InChI=1S/C28H45N5O4/c1-6-7-13-22(23(34)18-30-21-11-9-8-10-12-21)32-25(35)19(2)31-27(37)24(28(3,4)5)33-26(36)20-14-16-29-17-15-20/h14-17,19,21-22,24,30H,6-13,18H2,1-5H3,(H,31,37)(H,32,35)(H,33,36)/t19-,22-,24+/m0/s1. The van der Waals surface area contributed by atoms with Gasteiger partial charge in [-0.05, 0) is 43.7 Å². The van der Waals surface area contributed by atoms with Crippen molar-refractivity contribution in [2.75, 3.05) is 6.54 Å². The molecule has 3 amide bonds. The van der Waals surface area contributed by atoms with Crippen molar-refractivity contribution in [3.63, 3.8) is 0 Å². The van der Waals surface area contributed by atoms with Gasteiger partial charge in [0.05, 0.1) is 12.6 Å². The van der Waals surface area contributed by atoms with Crippen molar-refractivity contribution < 1.29 is 19.2 Å². The summed E-state index contributed by atoms with van der Waals surface area (Å²) < 4.78 is 0. The molecule has 1 heterocycles. The number of carbonyl (C=O) groups is 4. The molecule has 0 aliphatic heterocycles. The van der Waals surface area contributed by atoms with Crippen LogP contribution < -0.4 is 21.3 Å². The van der Waals surface area contributed by atoms with E-state index in [2.05, 4.69) is 26.3 Å². The molecule has 0 radical (unpaired) electrons. The van der Waals surface area contributed by atoms with E-state index in [0.29, 0.717) is 18.0 Å².